The van der Waals surface area contributed by atoms with Crippen LogP contribution in [0, 0.1) is 0 Å². The third-order valence-electron chi connectivity index (χ3n) is 3.25. The Kier molecular flexibility index (Phi) is 5.73. The Morgan fingerprint density at radius 2 is 2.35 bits per heavy atom. The fourth-order valence-corrected chi connectivity index (χ4v) is 2.04. The number of hydrogen-bond acceptors (Lipinski definition) is 5. The summed E-state index contributed by atoms with van der Waals surface area (Å²) in [6.45, 7) is 4.34. The third kappa shape index (κ3) is 4.45. The first-order valence-corrected chi connectivity index (χ1v) is 7.27. The fourth-order valence-electron chi connectivity index (χ4n) is 2.04. The lowest BCUT2D eigenvalue weighted by molar-refractivity contribution is 0.0947. The molecule has 110 valence electrons. The summed E-state index contributed by atoms with van der Waals surface area (Å²) in [7, 11) is 0. The quantitative estimate of drug-likeness (QED) is 0.741. The third-order valence-corrected chi connectivity index (χ3v) is 3.25. The minimum Gasteiger partial charge on any atom is -0.376 e. The molecule has 0 spiro atoms. The number of nitrogens with zero attached hydrogens (tertiary/aromatic N) is 2. The minimum atomic E-state index is -0.170. The van der Waals surface area contributed by atoms with E-state index in [0.29, 0.717) is 18.1 Å². The van der Waals surface area contributed by atoms with Crippen molar-refractivity contribution in [2.75, 3.05) is 25.0 Å². The number of ether oxygens (including phenoxy) is 1. The van der Waals surface area contributed by atoms with Gasteiger partial charge in [-0.15, -0.1) is 10.2 Å². The second kappa shape index (κ2) is 7.79. The summed E-state index contributed by atoms with van der Waals surface area (Å²) in [5, 5.41) is 13.9. The van der Waals surface area contributed by atoms with Gasteiger partial charge in [0, 0.05) is 19.7 Å². The highest BCUT2D eigenvalue weighted by atomic mass is 16.5. The molecular weight excluding hydrogens is 256 g/mol. The molecule has 2 rings (SSSR count). The Labute approximate surface area is 119 Å². The summed E-state index contributed by atoms with van der Waals surface area (Å²) in [5.41, 5.74) is 0.351. The van der Waals surface area contributed by atoms with Crippen LogP contribution in [0.4, 0.5) is 5.82 Å². The Bertz CT molecular complexity index is 416. The Balaban J connectivity index is 1.78. The van der Waals surface area contributed by atoms with Crippen molar-refractivity contribution in [3.05, 3.63) is 17.8 Å². The van der Waals surface area contributed by atoms with Crippen LogP contribution in [0.2, 0.25) is 0 Å². The molecule has 2 N–H and O–H groups in total. The molecule has 1 unspecified atom stereocenters. The lowest BCUT2D eigenvalue weighted by Crippen LogP contribution is -2.25. The fraction of sp³-hybridized carbons (Fsp3) is 0.643. The summed E-state index contributed by atoms with van der Waals surface area (Å²) in [4.78, 5) is 11.7. The van der Waals surface area contributed by atoms with Crippen LogP contribution in [0.15, 0.2) is 12.1 Å². The van der Waals surface area contributed by atoms with E-state index in [1.807, 2.05) is 0 Å². The average Bonchev–Trinajstić information content (AvgIpc) is 2.99. The summed E-state index contributed by atoms with van der Waals surface area (Å²) < 4.78 is 5.52. The smallest absolute Gasteiger partial charge is 0.271 e. The lowest BCUT2D eigenvalue weighted by atomic mass is 10.2. The van der Waals surface area contributed by atoms with Crippen LogP contribution in [-0.2, 0) is 4.74 Å². The van der Waals surface area contributed by atoms with Gasteiger partial charge >= 0.3 is 0 Å². The monoisotopic (exact) mass is 278 g/mol. The van der Waals surface area contributed by atoms with Crippen molar-refractivity contribution >= 4 is 11.7 Å². The molecule has 1 aliphatic heterocycles. The molecule has 1 aliphatic rings. The number of aromatic nitrogens is 2. The zero-order valence-corrected chi connectivity index (χ0v) is 11.9. The van der Waals surface area contributed by atoms with Gasteiger partial charge in [0.2, 0.25) is 0 Å². The molecule has 6 nitrogen and oxygen atoms in total. The number of carbonyl (C=O) groups excluding carboxylic acids is 1. The summed E-state index contributed by atoms with van der Waals surface area (Å²) in [5.74, 6) is 0.502. The number of anilines is 1. The maximum Gasteiger partial charge on any atom is 0.271 e. The molecule has 1 aromatic rings. The molecule has 0 saturated carbocycles. The first-order valence-electron chi connectivity index (χ1n) is 7.27. The molecule has 1 aromatic heterocycles. The predicted octanol–water partition coefficient (Wildman–Crippen LogP) is 1.60. The summed E-state index contributed by atoms with van der Waals surface area (Å²) in [6, 6.07) is 3.46. The second-order valence-corrected chi connectivity index (χ2v) is 4.93. The van der Waals surface area contributed by atoms with Crippen LogP contribution < -0.4 is 10.6 Å². The molecular formula is C14H22N4O2. The molecule has 1 amide bonds. The van der Waals surface area contributed by atoms with Crippen LogP contribution in [0.25, 0.3) is 0 Å². The van der Waals surface area contributed by atoms with Gasteiger partial charge in [0.25, 0.3) is 5.91 Å². The van der Waals surface area contributed by atoms with E-state index in [2.05, 4.69) is 27.8 Å². The van der Waals surface area contributed by atoms with E-state index in [1.54, 1.807) is 12.1 Å². The minimum absolute atomic E-state index is 0.170. The van der Waals surface area contributed by atoms with E-state index in [4.69, 9.17) is 4.74 Å². The highest BCUT2D eigenvalue weighted by Gasteiger charge is 2.15. The van der Waals surface area contributed by atoms with Gasteiger partial charge in [-0.25, -0.2) is 0 Å². The van der Waals surface area contributed by atoms with Crippen LogP contribution in [-0.4, -0.2) is 41.9 Å². The van der Waals surface area contributed by atoms with Crippen molar-refractivity contribution in [3.8, 4) is 0 Å². The van der Waals surface area contributed by atoms with E-state index < -0.39 is 0 Å². The highest BCUT2D eigenvalue weighted by molar-refractivity contribution is 5.92. The van der Waals surface area contributed by atoms with Gasteiger partial charge in [-0.3, -0.25) is 4.79 Å². The molecule has 6 heteroatoms. The van der Waals surface area contributed by atoms with Crippen LogP contribution >= 0.6 is 0 Å². The molecule has 0 bridgehead atoms. The Hall–Kier alpha value is -1.69. The largest absolute Gasteiger partial charge is 0.376 e. The zero-order valence-electron chi connectivity index (χ0n) is 11.9. The van der Waals surface area contributed by atoms with Gasteiger partial charge in [0.05, 0.1) is 6.10 Å². The van der Waals surface area contributed by atoms with Gasteiger partial charge < -0.3 is 15.4 Å². The standard InChI is InChI=1S/C14H22N4O2/c1-2-3-8-15-14(19)12-6-7-13(18-17-12)16-10-11-5-4-9-20-11/h6-7,11H,2-5,8-10H2,1H3,(H,15,19)(H,16,18). The van der Waals surface area contributed by atoms with Crippen molar-refractivity contribution < 1.29 is 9.53 Å². The van der Waals surface area contributed by atoms with E-state index in [9.17, 15) is 4.79 Å². The summed E-state index contributed by atoms with van der Waals surface area (Å²) >= 11 is 0. The summed E-state index contributed by atoms with van der Waals surface area (Å²) in [6.07, 6.45) is 4.49. The van der Waals surface area contributed by atoms with E-state index in [-0.39, 0.29) is 12.0 Å². The first kappa shape index (κ1) is 14.7. The Morgan fingerprint density at radius 3 is 3.00 bits per heavy atom. The number of nitrogens with one attached hydrogen (secondary N) is 2. The van der Waals surface area contributed by atoms with Gasteiger partial charge in [0.15, 0.2) is 5.69 Å². The molecule has 0 aliphatic carbocycles. The van der Waals surface area contributed by atoms with Crippen molar-refractivity contribution in [1.29, 1.82) is 0 Å². The van der Waals surface area contributed by atoms with Crippen LogP contribution in [0.5, 0.6) is 0 Å². The number of unbranched alkanes of at least 4 members (excludes halogenated alkanes) is 1. The zero-order chi connectivity index (χ0) is 14.2. The van der Waals surface area contributed by atoms with Crippen LogP contribution in [0.3, 0.4) is 0 Å². The molecule has 0 radical (unpaired) electrons. The number of rotatable bonds is 7. The molecule has 1 atom stereocenters. The topological polar surface area (TPSA) is 76.1 Å². The maximum absolute atomic E-state index is 11.7. The van der Waals surface area contributed by atoms with Crippen molar-refractivity contribution in [2.24, 2.45) is 0 Å². The molecule has 20 heavy (non-hydrogen) atoms. The number of hydrogen-bond donors (Lipinski definition) is 2. The van der Waals surface area contributed by atoms with Crippen molar-refractivity contribution in [3.63, 3.8) is 0 Å². The number of amides is 1. The molecule has 2 heterocycles. The highest BCUT2D eigenvalue weighted by Crippen LogP contribution is 2.12. The van der Waals surface area contributed by atoms with Crippen molar-refractivity contribution in [1.82, 2.24) is 15.5 Å². The van der Waals surface area contributed by atoms with Crippen LogP contribution in [0.1, 0.15) is 43.1 Å². The maximum atomic E-state index is 11.7. The van der Waals surface area contributed by atoms with Gasteiger partial charge in [0.1, 0.15) is 5.82 Å². The molecule has 0 aromatic carbocycles. The van der Waals surface area contributed by atoms with Crippen molar-refractivity contribution in [2.45, 2.75) is 38.7 Å². The number of carbonyl (C=O) groups is 1. The Morgan fingerprint density at radius 1 is 1.45 bits per heavy atom. The first-order chi connectivity index (χ1) is 9.79. The lowest BCUT2D eigenvalue weighted by Gasteiger charge is -2.10. The average molecular weight is 278 g/mol. The van der Waals surface area contributed by atoms with E-state index >= 15 is 0 Å². The van der Waals surface area contributed by atoms with E-state index in [1.165, 1.54) is 0 Å². The van der Waals surface area contributed by atoms with Gasteiger partial charge in [-0.05, 0) is 31.4 Å². The normalized spacial score (nSPS) is 17.9. The molecule has 1 saturated heterocycles. The van der Waals surface area contributed by atoms with E-state index in [0.717, 1.165) is 38.8 Å². The van der Waals surface area contributed by atoms with Gasteiger partial charge in [-0.2, -0.15) is 0 Å². The molecule has 1 fully saturated rings. The predicted molar refractivity (Wildman–Crippen MR) is 76.7 cm³/mol. The SMILES string of the molecule is CCCCNC(=O)c1ccc(NCC2CCCO2)nn1. The van der Waals surface area contributed by atoms with Gasteiger partial charge in [-0.1, -0.05) is 13.3 Å². The second-order valence-electron chi connectivity index (χ2n) is 4.93.